The van der Waals surface area contributed by atoms with E-state index in [-0.39, 0.29) is 23.9 Å². The minimum atomic E-state index is -0.340. The van der Waals surface area contributed by atoms with E-state index in [1.54, 1.807) is 0 Å². The molecular formula is C11H23N3O3. The number of morpholine rings is 1. The van der Waals surface area contributed by atoms with Crippen molar-refractivity contribution in [1.82, 2.24) is 4.90 Å². The first kappa shape index (κ1) is 14.2. The number of aliphatic hydroxyl groups excluding tert-OH is 1. The smallest absolute Gasteiger partial charge is 0.144 e. The zero-order valence-corrected chi connectivity index (χ0v) is 10.6. The summed E-state index contributed by atoms with van der Waals surface area (Å²) in [5.41, 5.74) is 5.30. The number of nitrogens with two attached hydrogens (primary N) is 1. The van der Waals surface area contributed by atoms with E-state index in [0.29, 0.717) is 13.2 Å². The lowest BCUT2D eigenvalue weighted by Crippen LogP contribution is -2.49. The van der Waals surface area contributed by atoms with E-state index in [0.717, 1.165) is 19.5 Å². The Bertz CT molecular complexity index is 269. The van der Waals surface area contributed by atoms with Crippen LogP contribution in [-0.2, 0) is 4.74 Å². The van der Waals surface area contributed by atoms with Gasteiger partial charge in [-0.1, -0.05) is 19.0 Å². The summed E-state index contributed by atoms with van der Waals surface area (Å²) >= 11 is 0. The first-order valence-electron chi connectivity index (χ1n) is 5.92. The highest BCUT2D eigenvalue weighted by molar-refractivity contribution is 5.85. The van der Waals surface area contributed by atoms with Gasteiger partial charge in [-0.3, -0.25) is 4.90 Å². The summed E-state index contributed by atoms with van der Waals surface area (Å²) in [5, 5.41) is 21.0. The topological polar surface area (TPSA) is 91.3 Å². The number of oxime groups is 1. The summed E-state index contributed by atoms with van der Waals surface area (Å²) in [7, 11) is 0. The first-order chi connectivity index (χ1) is 8.01. The van der Waals surface area contributed by atoms with E-state index in [4.69, 9.17) is 15.7 Å². The number of aliphatic hydroxyl groups is 1. The second-order valence-corrected chi connectivity index (χ2v) is 5.07. The normalized spacial score (nSPS) is 23.9. The van der Waals surface area contributed by atoms with Crippen molar-refractivity contribution < 1.29 is 15.1 Å². The van der Waals surface area contributed by atoms with Gasteiger partial charge in [-0.05, 0) is 13.0 Å². The van der Waals surface area contributed by atoms with Crippen molar-refractivity contribution in [1.29, 1.82) is 0 Å². The predicted molar refractivity (Wildman–Crippen MR) is 65.1 cm³/mol. The highest BCUT2D eigenvalue weighted by atomic mass is 16.5. The maximum atomic E-state index is 9.24. The Labute approximate surface area is 102 Å². The molecule has 0 aliphatic carbocycles. The molecule has 1 atom stereocenters. The summed E-state index contributed by atoms with van der Waals surface area (Å²) in [5.74, 6) is 0.242. The Morgan fingerprint density at radius 2 is 2.29 bits per heavy atom. The van der Waals surface area contributed by atoms with Crippen molar-refractivity contribution in [2.24, 2.45) is 16.3 Å². The lowest BCUT2D eigenvalue weighted by Gasteiger charge is -2.36. The molecule has 1 aliphatic heterocycles. The molecule has 1 fully saturated rings. The van der Waals surface area contributed by atoms with Gasteiger partial charge in [0.25, 0.3) is 0 Å². The quantitative estimate of drug-likeness (QED) is 0.271. The van der Waals surface area contributed by atoms with Crippen molar-refractivity contribution in [3.8, 4) is 0 Å². The fourth-order valence-electron chi connectivity index (χ4n) is 1.84. The SMILES string of the molecule is CC(C)(CCN1CCOCC1CO)C(N)=NO. The fraction of sp³-hybridized carbons (Fsp3) is 0.909. The van der Waals surface area contributed by atoms with Crippen LogP contribution in [0.1, 0.15) is 20.3 Å². The third-order valence-corrected chi connectivity index (χ3v) is 3.39. The van der Waals surface area contributed by atoms with Gasteiger partial charge in [0.2, 0.25) is 0 Å². The molecule has 6 heteroatoms. The minimum Gasteiger partial charge on any atom is -0.409 e. The van der Waals surface area contributed by atoms with Crippen molar-refractivity contribution in [3.63, 3.8) is 0 Å². The largest absolute Gasteiger partial charge is 0.409 e. The van der Waals surface area contributed by atoms with Crippen LogP contribution in [0.2, 0.25) is 0 Å². The average molecular weight is 245 g/mol. The molecule has 4 N–H and O–H groups in total. The summed E-state index contributed by atoms with van der Waals surface area (Å²) in [6.07, 6.45) is 0.777. The molecule has 0 spiro atoms. The third kappa shape index (κ3) is 3.83. The second-order valence-electron chi connectivity index (χ2n) is 5.07. The lowest BCUT2D eigenvalue weighted by molar-refractivity contribution is -0.0297. The van der Waals surface area contributed by atoms with Crippen molar-refractivity contribution in [3.05, 3.63) is 0 Å². The molecule has 0 radical (unpaired) electrons. The van der Waals surface area contributed by atoms with Crippen LogP contribution >= 0.6 is 0 Å². The number of ether oxygens (including phenoxy) is 1. The van der Waals surface area contributed by atoms with Crippen molar-refractivity contribution in [2.45, 2.75) is 26.3 Å². The molecule has 0 aromatic rings. The van der Waals surface area contributed by atoms with E-state index in [1.165, 1.54) is 0 Å². The second kappa shape index (κ2) is 6.18. The Kier molecular flexibility index (Phi) is 5.17. The van der Waals surface area contributed by atoms with Gasteiger partial charge in [0.05, 0.1) is 25.9 Å². The number of nitrogens with zero attached hydrogens (tertiary/aromatic N) is 2. The lowest BCUT2D eigenvalue weighted by atomic mass is 9.87. The van der Waals surface area contributed by atoms with Crippen LogP contribution in [0.3, 0.4) is 0 Å². The molecule has 0 aromatic heterocycles. The Morgan fingerprint density at radius 1 is 1.59 bits per heavy atom. The number of hydrogen-bond donors (Lipinski definition) is 3. The van der Waals surface area contributed by atoms with E-state index in [2.05, 4.69) is 10.1 Å². The van der Waals surface area contributed by atoms with E-state index in [9.17, 15) is 5.11 Å². The van der Waals surface area contributed by atoms with Gasteiger partial charge in [0, 0.05) is 12.0 Å². The molecule has 0 aromatic carbocycles. The van der Waals surface area contributed by atoms with E-state index in [1.807, 2.05) is 13.8 Å². The third-order valence-electron chi connectivity index (χ3n) is 3.39. The molecule has 1 heterocycles. The van der Waals surface area contributed by atoms with E-state index < -0.39 is 0 Å². The monoisotopic (exact) mass is 245 g/mol. The molecule has 0 saturated carbocycles. The van der Waals surface area contributed by atoms with Crippen LogP contribution in [0.4, 0.5) is 0 Å². The predicted octanol–water partition coefficient (Wildman–Crippen LogP) is -0.158. The zero-order valence-electron chi connectivity index (χ0n) is 10.6. The molecule has 0 amide bonds. The molecule has 1 unspecified atom stereocenters. The molecule has 0 bridgehead atoms. The summed E-state index contributed by atoms with van der Waals surface area (Å²) in [4.78, 5) is 2.19. The Morgan fingerprint density at radius 3 is 2.88 bits per heavy atom. The first-order valence-corrected chi connectivity index (χ1v) is 5.92. The van der Waals surface area contributed by atoms with Crippen LogP contribution in [0.15, 0.2) is 5.16 Å². The summed E-state index contributed by atoms with van der Waals surface area (Å²) in [6.45, 7) is 6.87. The molecule has 1 aliphatic rings. The van der Waals surface area contributed by atoms with Crippen LogP contribution in [0, 0.1) is 5.41 Å². The van der Waals surface area contributed by atoms with Gasteiger partial charge in [0.1, 0.15) is 5.84 Å². The molecule has 1 rings (SSSR count). The maximum Gasteiger partial charge on any atom is 0.144 e. The summed E-state index contributed by atoms with van der Waals surface area (Å²) in [6, 6.07) is 0.0619. The Hall–Kier alpha value is -0.850. The minimum absolute atomic E-state index is 0.0619. The molecule has 1 saturated heterocycles. The number of rotatable bonds is 5. The zero-order chi connectivity index (χ0) is 12.9. The van der Waals surface area contributed by atoms with Crippen molar-refractivity contribution in [2.75, 3.05) is 32.9 Å². The molecule has 100 valence electrons. The number of hydrogen-bond acceptors (Lipinski definition) is 5. The highest BCUT2D eigenvalue weighted by Gasteiger charge is 2.27. The van der Waals surface area contributed by atoms with E-state index >= 15 is 0 Å². The van der Waals surface area contributed by atoms with Gasteiger partial charge < -0.3 is 20.8 Å². The van der Waals surface area contributed by atoms with Gasteiger partial charge in [0.15, 0.2) is 0 Å². The van der Waals surface area contributed by atoms with Gasteiger partial charge in [-0.2, -0.15) is 0 Å². The molecule has 17 heavy (non-hydrogen) atoms. The average Bonchev–Trinajstić information content (AvgIpc) is 2.35. The van der Waals surface area contributed by atoms with Gasteiger partial charge in [-0.15, -0.1) is 0 Å². The van der Waals surface area contributed by atoms with Crippen LogP contribution in [-0.4, -0.2) is 60.0 Å². The van der Waals surface area contributed by atoms with Gasteiger partial charge in [-0.25, -0.2) is 0 Å². The Balaban J connectivity index is 2.48. The van der Waals surface area contributed by atoms with Gasteiger partial charge >= 0.3 is 0 Å². The molecule has 6 nitrogen and oxygen atoms in total. The standard InChI is InChI=1S/C11H23N3O3/c1-11(2,10(12)13-16)3-4-14-5-6-17-8-9(14)7-15/h9,15-16H,3-8H2,1-2H3,(H2,12,13). The highest BCUT2D eigenvalue weighted by Crippen LogP contribution is 2.22. The van der Waals surface area contributed by atoms with Crippen LogP contribution < -0.4 is 5.73 Å². The summed E-state index contributed by atoms with van der Waals surface area (Å²) < 4.78 is 5.31. The van der Waals surface area contributed by atoms with Crippen molar-refractivity contribution >= 4 is 5.84 Å². The van der Waals surface area contributed by atoms with Crippen LogP contribution in [0.5, 0.6) is 0 Å². The molecular weight excluding hydrogens is 222 g/mol. The maximum absolute atomic E-state index is 9.24. The van der Waals surface area contributed by atoms with Crippen LogP contribution in [0.25, 0.3) is 0 Å². The number of amidine groups is 1. The fourth-order valence-corrected chi connectivity index (χ4v) is 1.84.